The van der Waals surface area contributed by atoms with Crippen LogP contribution in [-0.2, 0) is 12.1 Å². The van der Waals surface area contributed by atoms with E-state index in [1.807, 2.05) is 0 Å². The van der Waals surface area contributed by atoms with E-state index in [4.69, 9.17) is 4.42 Å². The second-order valence-electron chi connectivity index (χ2n) is 19.7. The van der Waals surface area contributed by atoms with Crippen molar-refractivity contribution in [3.05, 3.63) is 180 Å². The summed E-state index contributed by atoms with van der Waals surface area (Å²) in [7, 11) is -1.88. The van der Waals surface area contributed by atoms with Gasteiger partial charge in [-0.25, -0.2) is 0 Å². The second kappa shape index (κ2) is 12.5. The second-order valence-corrected chi connectivity index (χ2v) is 24.7. The maximum atomic E-state index is 7.17. The summed E-state index contributed by atoms with van der Waals surface area (Å²) in [5.74, 6) is 1.12. The third-order valence-corrected chi connectivity index (χ3v) is 15.4. The summed E-state index contributed by atoms with van der Waals surface area (Å²) in [4.78, 5) is 0. The molecule has 3 aromatic heterocycles. The molecule has 1 unspecified atom stereocenters. The number of aryl methyl sites for hydroxylation is 1. The Morgan fingerprint density at radius 3 is 2.20 bits per heavy atom. The Morgan fingerprint density at radius 1 is 0.672 bits per heavy atom. The fourth-order valence-electron chi connectivity index (χ4n) is 11.0. The van der Waals surface area contributed by atoms with Crippen molar-refractivity contribution in [2.45, 2.75) is 59.4 Å². The van der Waals surface area contributed by atoms with E-state index < -0.39 is 13.7 Å². The number of fused-ring (bicyclic) bond motifs is 17. The molecule has 61 heavy (non-hydrogen) atoms. The zero-order valence-electron chi connectivity index (χ0n) is 36.0. The number of rotatable bonds is 4. The number of pyridine rings is 1. The van der Waals surface area contributed by atoms with Crippen LogP contribution in [0.15, 0.2) is 162 Å². The first kappa shape index (κ1) is 36.3. The van der Waals surface area contributed by atoms with Crippen molar-refractivity contribution in [1.29, 1.82) is 0 Å². The topological polar surface area (TPSA) is 25.8 Å². The van der Waals surface area contributed by atoms with Crippen molar-refractivity contribution in [2.24, 2.45) is 5.41 Å². The summed E-state index contributed by atoms with van der Waals surface area (Å²) < 4.78 is 15.1. The summed E-state index contributed by atoms with van der Waals surface area (Å²) >= 11 is 0. The smallest absolute Gasteiger partial charge is 0.364 e. The van der Waals surface area contributed by atoms with Gasteiger partial charge in [0.1, 0.15) is 16.8 Å². The molecule has 1 atom stereocenters. The molecule has 2 aliphatic heterocycles. The molecule has 0 radical (unpaired) electrons. The molecule has 0 saturated heterocycles. The molecule has 0 bridgehead atoms. The largest absolute Gasteiger partial charge is 0.455 e. The van der Waals surface area contributed by atoms with Gasteiger partial charge in [0, 0.05) is 33.0 Å². The van der Waals surface area contributed by atoms with Gasteiger partial charge >= 0.3 is 11.5 Å². The molecule has 5 heteroatoms. The van der Waals surface area contributed by atoms with Crippen LogP contribution in [0, 0.1) is 12.3 Å². The molecule has 0 N–H and O–H groups in total. The van der Waals surface area contributed by atoms with Gasteiger partial charge in [0.2, 0.25) is 5.69 Å². The maximum absolute atomic E-state index is 7.17. The standard InChI is InChI=1S/C56H49N3OSi/c1-35-25-27-43-45(31-35)56(57-34-50(61(5,6)7)38(32-48(43)57)33-55(2,3)4)44-30-29-42-41-21-13-16-24-49(41)60-53(42)51(44)54-58(46-22-14-15-23-47(46)59(54)56)52-39-20-12-11-19-37(39)26-28-40(52)36-17-9-8-10-18-36/h8-32,34H,33H2,1-7H3/q+2. The first-order valence-electron chi connectivity index (χ1n) is 21.7. The molecule has 0 fully saturated rings. The number of para-hydroxylation sites is 3. The Balaban J connectivity index is 1.34. The van der Waals surface area contributed by atoms with Crippen molar-refractivity contribution < 1.29 is 13.6 Å². The Bertz CT molecular complexity index is 3490. The molecule has 12 rings (SSSR count). The zero-order chi connectivity index (χ0) is 41.6. The van der Waals surface area contributed by atoms with Crippen molar-refractivity contribution in [2.75, 3.05) is 0 Å². The van der Waals surface area contributed by atoms with Gasteiger partial charge in [-0.1, -0.05) is 143 Å². The predicted molar refractivity (Wildman–Crippen MR) is 254 cm³/mol. The van der Waals surface area contributed by atoms with Gasteiger partial charge in [0.15, 0.2) is 22.8 Å². The van der Waals surface area contributed by atoms with E-state index in [2.05, 4.69) is 219 Å². The lowest BCUT2D eigenvalue weighted by Crippen LogP contribution is -2.72. The minimum absolute atomic E-state index is 0.136. The molecule has 0 aliphatic carbocycles. The molecule has 5 heterocycles. The molecule has 4 nitrogen and oxygen atoms in total. The lowest BCUT2D eigenvalue weighted by atomic mass is 9.87. The van der Waals surface area contributed by atoms with Crippen LogP contribution in [0.25, 0.3) is 83.2 Å². The number of hydrogen-bond acceptors (Lipinski definition) is 1. The number of nitrogens with zero attached hydrogens (tertiary/aromatic N) is 3. The van der Waals surface area contributed by atoms with Gasteiger partial charge in [-0.3, -0.25) is 0 Å². The summed E-state index contributed by atoms with van der Waals surface area (Å²) in [6.45, 7) is 16.9. The minimum Gasteiger partial charge on any atom is -0.455 e. The number of benzene rings is 7. The molecular formula is C56H49N3OSi+2. The highest BCUT2D eigenvalue weighted by Crippen LogP contribution is 2.53. The Morgan fingerprint density at radius 2 is 1.39 bits per heavy atom. The molecule has 10 aromatic rings. The number of aromatic nitrogens is 3. The fraction of sp³-hybridized carbons (Fsp3) is 0.179. The van der Waals surface area contributed by atoms with Crippen LogP contribution in [-0.4, -0.2) is 12.6 Å². The highest BCUT2D eigenvalue weighted by Gasteiger charge is 2.67. The van der Waals surface area contributed by atoms with Gasteiger partial charge < -0.3 is 4.42 Å². The lowest BCUT2D eigenvalue weighted by molar-refractivity contribution is -0.944. The average Bonchev–Trinajstić information content (AvgIpc) is 3.95. The highest BCUT2D eigenvalue weighted by molar-refractivity contribution is 6.89. The monoisotopic (exact) mass is 807 g/mol. The van der Waals surface area contributed by atoms with Crippen LogP contribution >= 0.6 is 0 Å². The van der Waals surface area contributed by atoms with E-state index in [9.17, 15) is 0 Å². The number of imidazole rings is 1. The Kier molecular flexibility index (Phi) is 7.44. The molecule has 296 valence electrons. The maximum Gasteiger partial charge on any atom is 0.364 e. The normalized spacial score (nSPS) is 15.6. The van der Waals surface area contributed by atoms with Gasteiger partial charge in [-0.2, -0.15) is 4.57 Å². The van der Waals surface area contributed by atoms with Gasteiger partial charge in [-0.15, -0.1) is 9.13 Å². The highest BCUT2D eigenvalue weighted by atomic mass is 28.3. The molecule has 2 aliphatic rings. The summed E-state index contributed by atoms with van der Waals surface area (Å²) in [5, 5.41) is 6.19. The van der Waals surface area contributed by atoms with Crippen LogP contribution in [0.4, 0.5) is 0 Å². The third-order valence-electron chi connectivity index (χ3n) is 13.3. The molecule has 1 spiro atoms. The molecular weight excluding hydrogens is 759 g/mol. The van der Waals surface area contributed by atoms with Crippen LogP contribution < -0.4 is 14.3 Å². The fourth-order valence-corrected chi connectivity index (χ4v) is 12.6. The van der Waals surface area contributed by atoms with Gasteiger partial charge in [0.05, 0.1) is 24.8 Å². The predicted octanol–water partition coefficient (Wildman–Crippen LogP) is 12.6. The van der Waals surface area contributed by atoms with E-state index in [1.165, 1.54) is 71.8 Å². The first-order valence-corrected chi connectivity index (χ1v) is 25.2. The zero-order valence-corrected chi connectivity index (χ0v) is 37.0. The van der Waals surface area contributed by atoms with Gasteiger partial charge in [0.25, 0.3) is 0 Å². The first-order chi connectivity index (χ1) is 29.4. The Hall–Kier alpha value is -6.56. The van der Waals surface area contributed by atoms with Crippen LogP contribution in [0.1, 0.15) is 43.0 Å². The van der Waals surface area contributed by atoms with E-state index in [0.717, 1.165) is 45.3 Å². The van der Waals surface area contributed by atoms with Crippen LogP contribution in [0.5, 0.6) is 0 Å². The molecule has 0 saturated carbocycles. The molecule has 0 amide bonds. The summed E-state index contributed by atoms with van der Waals surface area (Å²) in [5.41, 5.74) is 16.0. The van der Waals surface area contributed by atoms with E-state index >= 15 is 0 Å². The minimum atomic E-state index is -1.88. The number of furan rings is 1. The number of hydrogen-bond donors (Lipinski definition) is 0. The third kappa shape index (κ3) is 4.98. The summed E-state index contributed by atoms with van der Waals surface area (Å²) in [6.07, 6.45) is 3.61. The quantitative estimate of drug-likeness (QED) is 0.128. The van der Waals surface area contributed by atoms with Crippen LogP contribution in [0.2, 0.25) is 19.6 Å². The lowest BCUT2D eigenvalue weighted by Gasteiger charge is -2.26. The van der Waals surface area contributed by atoms with E-state index in [0.29, 0.717) is 0 Å². The summed E-state index contributed by atoms with van der Waals surface area (Å²) in [6, 6.07) is 56.5. The van der Waals surface area contributed by atoms with E-state index in [-0.39, 0.29) is 5.41 Å². The van der Waals surface area contributed by atoms with Crippen molar-refractivity contribution in [1.82, 2.24) is 4.57 Å². The van der Waals surface area contributed by atoms with Crippen molar-refractivity contribution in [3.8, 4) is 39.5 Å². The SMILES string of the molecule is Cc1ccc2c(c1)C1(c3ccc4c(oc5ccccc54)c3-c3n(-c4c(-c5ccccc5)ccc5ccccc45)c4ccccc4[n+]31)[n+]1cc([Si](C)(C)C)c(CC(C)(C)C)cc1-2. The van der Waals surface area contributed by atoms with E-state index in [1.54, 1.807) is 0 Å². The van der Waals surface area contributed by atoms with Crippen molar-refractivity contribution in [3.63, 3.8) is 0 Å². The molecule has 7 aromatic carbocycles. The van der Waals surface area contributed by atoms with Gasteiger partial charge in [-0.05, 0) is 83.8 Å². The average molecular weight is 808 g/mol. The van der Waals surface area contributed by atoms with Crippen molar-refractivity contribution >= 4 is 57.0 Å². The van der Waals surface area contributed by atoms with Crippen LogP contribution in [0.3, 0.4) is 0 Å². The Labute approximate surface area is 358 Å².